The molecule has 0 atom stereocenters. The lowest BCUT2D eigenvalue weighted by molar-refractivity contribution is -0.124. The first-order valence-corrected chi connectivity index (χ1v) is 7.29. The summed E-state index contributed by atoms with van der Waals surface area (Å²) in [7, 11) is 0. The zero-order chi connectivity index (χ0) is 16.2. The van der Waals surface area contributed by atoms with Crippen LogP contribution in [0.3, 0.4) is 0 Å². The molecule has 1 amide bonds. The molecule has 0 bridgehead atoms. The topological polar surface area (TPSA) is 67.2 Å². The van der Waals surface area contributed by atoms with Crippen molar-refractivity contribution in [3.63, 3.8) is 0 Å². The predicted molar refractivity (Wildman–Crippen MR) is 89.0 cm³/mol. The number of rotatable bonds is 4. The van der Waals surface area contributed by atoms with Crippen LogP contribution in [0.25, 0.3) is 17.0 Å². The van der Waals surface area contributed by atoms with Gasteiger partial charge in [0, 0.05) is 11.5 Å². The molecule has 2 N–H and O–H groups in total. The third-order valence-corrected chi connectivity index (χ3v) is 3.62. The van der Waals surface area contributed by atoms with Crippen LogP contribution in [0.5, 0.6) is 0 Å². The Balaban J connectivity index is 1.87. The Morgan fingerprint density at radius 1 is 1.30 bits per heavy atom. The normalized spacial score (nSPS) is 11.2. The summed E-state index contributed by atoms with van der Waals surface area (Å²) in [5, 5.41) is 13.9. The minimum Gasteiger partial charge on any atom is -0.288 e. The number of fused-ring (bicyclic) bond motifs is 1. The van der Waals surface area contributed by atoms with E-state index in [1.165, 1.54) is 17.2 Å². The maximum absolute atomic E-state index is 11.0. The van der Waals surface area contributed by atoms with Gasteiger partial charge in [0.1, 0.15) is 0 Å². The van der Waals surface area contributed by atoms with Gasteiger partial charge in [-0.3, -0.25) is 14.7 Å². The summed E-state index contributed by atoms with van der Waals surface area (Å²) < 4.78 is 1.96. The molecule has 3 aromatic rings. The lowest BCUT2D eigenvalue weighted by Crippen LogP contribution is -2.14. The maximum atomic E-state index is 11.0. The highest BCUT2D eigenvalue weighted by molar-refractivity contribution is 5.91. The second-order valence-electron chi connectivity index (χ2n) is 5.42. The van der Waals surface area contributed by atoms with Gasteiger partial charge in [0.2, 0.25) is 0 Å². The van der Waals surface area contributed by atoms with E-state index in [4.69, 9.17) is 5.21 Å². The van der Waals surface area contributed by atoms with Crippen LogP contribution in [0.15, 0.2) is 54.7 Å². The summed E-state index contributed by atoms with van der Waals surface area (Å²) in [6, 6.07) is 14.2. The third kappa shape index (κ3) is 3.46. The van der Waals surface area contributed by atoms with E-state index < -0.39 is 5.91 Å². The van der Waals surface area contributed by atoms with Crippen LogP contribution < -0.4 is 5.48 Å². The molecule has 0 saturated carbocycles. The molecule has 116 valence electrons. The van der Waals surface area contributed by atoms with Gasteiger partial charge in [-0.15, -0.1) is 0 Å². The van der Waals surface area contributed by atoms with Crippen molar-refractivity contribution in [2.24, 2.45) is 0 Å². The lowest BCUT2D eigenvalue weighted by atomic mass is 10.1. The number of carbonyl (C=O) groups excluding carboxylic acids is 1. The van der Waals surface area contributed by atoms with Crippen molar-refractivity contribution >= 4 is 22.9 Å². The van der Waals surface area contributed by atoms with E-state index in [0.29, 0.717) is 6.54 Å². The highest BCUT2D eigenvalue weighted by Crippen LogP contribution is 2.18. The molecule has 1 heterocycles. The van der Waals surface area contributed by atoms with E-state index in [-0.39, 0.29) is 0 Å². The maximum Gasteiger partial charge on any atom is 0.267 e. The molecular weight excluding hydrogens is 290 g/mol. The fourth-order valence-electron chi connectivity index (χ4n) is 2.53. The molecule has 0 spiro atoms. The summed E-state index contributed by atoms with van der Waals surface area (Å²) >= 11 is 0. The average Bonchev–Trinajstić information content (AvgIpc) is 2.95. The Morgan fingerprint density at radius 2 is 2.17 bits per heavy atom. The van der Waals surface area contributed by atoms with Crippen molar-refractivity contribution < 1.29 is 10.0 Å². The van der Waals surface area contributed by atoms with Gasteiger partial charge in [0.25, 0.3) is 5.91 Å². The van der Waals surface area contributed by atoms with E-state index in [1.807, 2.05) is 35.1 Å². The molecule has 3 rings (SSSR count). The van der Waals surface area contributed by atoms with E-state index in [1.54, 1.807) is 11.6 Å². The summed E-state index contributed by atoms with van der Waals surface area (Å²) in [5.74, 6) is -0.555. The molecule has 0 fully saturated rings. The fraction of sp³-hybridized carbons (Fsp3) is 0.111. The van der Waals surface area contributed by atoms with E-state index in [2.05, 4.69) is 30.2 Å². The number of aryl methyl sites for hydroxylation is 1. The SMILES string of the molecule is Cc1cccc(Cn2ncc3cc(/C=C/C(=O)NO)ccc32)c1. The number of carbonyl (C=O) groups is 1. The second-order valence-corrected chi connectivity index (χ2v) is 5.42. The third-order valence-electron chi connectivity index (χ3n) is 3.62. The van der Waals surface area contributed by atoms with Crippen LogP contribution in [0, 0.1) is 6.92 Å². The zero-order valence-electron chi connectivity index (χ0n) is 12.7. The summed E-state index contributed by atoms with van der Waals surface area (Å²) in [6.07, 6.45) is 4.73. The fourth-order valence-corrected chi connectivity index (χ4v) is 2.53. The zero-order valence-corrected chi connectivity index (χ0v) is 12.7. The van der Waals surface area contributed by atoms with Gasteiger partial charge in [-0.25, -0.2) is 5.48 Å². The minimum absolute atomic E-state index is 0.555. The highest BCUT2D eigenvalue weighted by Gasteiger charge is 2.04. The van der Waals surface area contributed by atoms with Gasteiger partial charge < -0.3 is 0 Å². The van der Waals surface area contributed by atoms with Gasteiger partial charge in [-0.2, -0.15) is 5.10 Å². The van der Waals surface area contributed by atoms with Gasteiger partial charge in [-0.05, 0) is 36.3 Å². The number of hydrogen-bond acceptors (Lipinski definition) is 3. The van der Waals surface area contributed by atoms with Crippen molar-refractivity contribution in [3.8, 4) is 0 Å². The quantitative estimate of drug-likeness (QED) is 0.442. The number of nitrogens with zero attached hydrogens (tertiary/aromatic N) is 2. The Kier molecular flexibility index (Phi) is 4.21. The molecule has 1 aromatic heterocycles. The molecule has 2 aromatic carbocycles. The molecule has 0 radical (unpaired) electrons. The minimum atomic E-state index is -0.555. The smallest absolute Gasteiger partial charge is 0.267 e. The molecule has 0 aliphatic carbocycles. The Morgan fingerprint density at radius 3 is 2.96 bits per heavy atom. The van der Waals surface area contributed by atoms with E-state index >= 15 is 0 Å². The van der Waals surface area contributed by atoms with Crippen molar-refractivity contribution in [1.82, 2.24) is 15.3 Å². The second kappa shape index (κ2) is 6.46. The van der Waals surface area contributed by atoms with Crippen LogP contribution in [-0.2, 0) is 11.3 Å². The van der Waals surface area contributed by atoms with Gasteiger partial charge in [-0.1, -0.05) is 35.9 Å². The van der Waals surface area contributed by atoms with Crippen LogP contribution >= 0.6 is 0 Å². The molecule has 5 nitrogen and oxygen atoms in total. The van der Waals surface area contributed by atoms with Crippen molar-refractivity contribution in [2.75, 3.05) is 0 Å². The number of hydrogen-bond donors (Lipinski definition) is 2. The molecule has 0 saturated heterocycles. The Bertz CT molecular complexity index is 881. The van der Waals surface area contributed by atoms with Gasteiger partial charge in [0.15, 0.2) is 0 Å². The number of benzene rings is 2. The average molecular weight is 307 g/mol. The van der Waals surface area contributed by atoms with E-state index in [0.717, 1.165) is 16.5 Å². The predicted octanol–water partition coefficient (Wildman–Crippen LogP) is 2.91. The van der Waals surface area contributed by atoms with E-state index in [9.17, 15) is 4.79 Å². The largest absolute Gasteiger partial charge is 0.288 e. The Labute approximate surface area is 133 Å². The molecule has 0 aliphatic heterocycles. The standard InChI is InChI=1S/C18H17N3O2/c1-13-3-2-4-15(9-13)12-21-17-7-5-14(6-8-18(22)20-23)10-16(17)11-19-21/h2-11,23H,12H2,1H3,(H,20,22)/b8-6+. The lowest BCUT2D eigenvalue weighted by Gasteiger charge is -2.05. The highest BCUT2D eigenvalue weighted by atomic mass is 16.5. The molecule has 23 heavy (non-hydrogen) atoms. The number of amides is 1. The summed E-state index contributed by atoms with van der Waals surface area (Å²) in [6.45, 7) is 2.79. The van der Waals surface area contributed by atoms with Crippen molar-refractivity contribution in [3.05, 3.63) is 71.4 Å². The number of hydroxylamine groups is 1. The number of nitrogens with one attached hydrogen (secondary N) is 1. The molecule has 0 unspecified atom stereocenters. The molecule has 5 heteroatoms. The monoisotopic (exact) mass is 307 g/mol. The van der Waals surface area contributed by atoms with Gasteiger partial charge >= 0.3 is 0 Å². The van der Waals surface area contributed by atoms with Crippen LogP contribution in [0.2, 0.25) is 0 Å². The molecular formula is C18H17N3O2. The van der Waals surface area contributed by atoms with Crippen molar-refractivity contribution in [2.45, 2.75) is 13.5 Å². The number of aromatic nitrogens is 2. The van der Waals surface area contributed by atoms with Gasteiger partial charge in [0.05, 0.1) is 18.3 Å². The first kappa shape index (κ1) is 15.0. The Hall–Kier alpha value is -2.92. The summed E-state index contributed by atoms with van der Waals surface area (Å²) in [5.41, 5.74) is 5.91. The van der Waals surface area contributed by atoms with Crippen LogP contribution in [-0.4, -0.2) is 20.9 Å². The van der Waals surface area contributed by atoms with Crippen LogP contribution in [0.4, 0.5) is 0 Å². The summed E-state index contributed by atoms with van der Waals surface area (Å²) in [4.78, 5) is 11.0. The first-order valence-electron chi connectivity index (χ1n) is 7.29. The first-order chi connectivity index (χ1) is 11.2. The molecule has 0 aliphatic rings. The van der Waals surface area contributed by atoms with Crippen molar-refractivity contribution in [1.29, 1.82) is 0 Å². The van der Waals surface area contributed by atoms with Crippen LogP contribution in [0.1, 0.15) is 16.7 Å².